The van der Waals surface area contributed by atoms with Gasteiger partial charge in [-0.2, -0.15) is 0 Å². The zero-order chi connectivity index (χ0) is 18.4. The second-order valence-electron chi connectivity index (χ2n) is 6.21. The maximum atomic E-state index is 9.05. The van der Waals surface area contributed by atoms with E-state index in [2.05, 4.69) is 25.1 Å². The molecule has 2 heterocycles. The number of aliphatic hydroxyl groups excluding tert-OH is 1. The predicted molar refractivity (Wildman–Crippen MR) is 103 cm³/mol. The molecular weight excluding hydrogens is 332 g/mol. The Morgan fingerprint density at radius 1 is 1.15 bits per heavy atom. The summed E-state index contributed by atoms with van der Waals surface area (Å²) >= 11 is 0. The van der Waals surface area contributed by atoms with Crippen molar-refractivity contribution in [3.8, 4) is 5.75 Å². The molecule has 26 heavy (non-hydrogen) atoms. The molecule has 1 saturated heterocycles. The van der Waals surface area contributed by atoms with E-state index in [0.29, 0.717) is 24.6 Å². The number of anilines is 3. The molecule has 1 fully saturated rings. The van der Waals surface area contributed by atoms with Crippen LogP contribution in [0.2, 0.25) is 0 Å². The molecule has 1 aliphatic rings. The number of nitrogens with one attached hydrogen (secondary N) is 1. The van der Waals surface area contributed by atoms with E-state index in [9.17, 15) is 0 Å². The topological polar surface area (TPSA) is 99.8 Å². The van der Waals surface area contributed by atoms with E-state index in [1.54, 1.807) is 13.4 Å². The fourth-order valence-corrected chi connectivity index (χ4v) is 3.03. The van der Waals surface area contributed by atoms with Crippen LogP contribution in [0.3, 0.4) is 0 Å². The highest BCUT2D eigenvalue weighted by Crippen LogP contribution is 2.27. The van der Waals surface area contributed by atoms with Crippen LogP contribution in [-0.2, 0) is 6.54 Å². The number of nitrogens with zero attached hydrogens (tertiary/aromatic N) is 4. The molecule has 0 atom stereocenters. The van der Waals surface area contributed by atoms with Crippen LogP contribution in [0.1, 0.15) is 5.56 Å². The lowest BCUT2D eigenvalue weighted by Crippen LogP contribution is -2.47. The summed E-state index contributed by atoms with van der Waals surface area (Å²) in [6, 6.07) is 7.87. The van der Waals surface area contributed by atoms with Gasteiger partial charge in [0.1, 0.15) is 17.8 Å². The largest absolute Gasteiger partial charge is 0.497 e. The Morgan fingerprint density at radius 2 is 1.88 bits per heavy atom. The van der Waals surface area contributed by atoms with Crippen molar-refractivity contribution in [2.75, 3.05) is 62.4 Å². The molecule has 4 N–H and O–H groups in total. The summed E-state index contributed by atoms with van der Waals surface area (Å²) in [4.78, 5) is 13.1. The van der Waals surface area contributed by atoms with Gasteiger partial charge in [-0.3, -0.25) is 4.90 Å². The molecule has 0 bridgehead atoms. The highest BCUT2D eigenvalue weighted by Gasteiger charge is 2.20. The number of piperazine rings is 1. The van der Waals surface area contributed by atoms with Gasteiger partial charge in [-0.15, -0.1) is 0 Å². The standard InChI is InChI=1S/C18H26N6O2/c1-26-15-4-2-14(3-5-15)12-20-17-16(19)18(22-13-21-17)24-8-6-23(7-9-24)10-11-25/h2-5,13,25H,6-12,19H2,1H3,(H,20,21,22). The summed E-state index contributed by atoms with van der Waals surface area (Å²) in [6.45, 7) is 4.96. The molecule has 0 unspecified atom stereocenters. The Balaban J connectivity index is 1.63. The zero-order valence-corrected chi connectivity index (χ0v) is 15.1. The van der Waals surface area contributed by atoms with Gasteiger partial charge in [0.25, 0.3) is 0 Å². The van der Waals surface area contributed by atoms with Crippen LogP contribution in [0.5, 0.6) is 5.75 Å². The number of ether oxygens (including phenoxy) is 1. The van der Waals surface area contributed by atoms with E-state index >= 15 is 0 Å². The van der Waals surface area contributed by atoms with Gasteiger partial charge in [-0.1, -0.05) is 12.1 Å². The molecule has 1 aromatic heterocycles. The molecule has 0 radical (unpaired) electrons. The number of rotatable bonds is 7. The van der Waals surface area contributed by atoms with Gasteiger partial charge in [0.05, 0.1) is 13.7 Å². The third kappa shape index (κ3) is 4.33. The van der Waals surface area contributed by atoms with Gasteiger partial charge in [0, 0.05) is 39.3 Å². The van der Waals surface area contributed by atoms with E-state index in [1.807, 2.05) is 24.3 Å². The second kappa shape index (κ2) is 8.68. The average molecular weight is 358 g/mol. The summed E-state index contributed by atoms with van der Waals surface area (Å²) in [5.41, 5.74) is 7.99. The highest BCUT2D eigenvalue weighted by molar-refractivity contribution is 5.75. The van der Waals surface area contributed by atoms with Crippen molar-refractivity contribution in [2.24, 2.45) is 0 Å². The van der Waals surface area contributed by atoms with Gasteiger partial charge >= 0.3 is 0 Å². The summed E-state index contributed by atoms with van der Waals surface area (Å²) < 4.78 is 5.17. The molecule has 8 heteroatoms. The summed E-state index contributed by atoms with van der Waals surface area (Å²) in [5.74, 6) is 2.24. The number of hydrogen-bond acceptors (Lipinski definition) is 8. The first-order valence-corrected chi connectivity index (χ1v) is 8.76. The van der Waals surface area contributed by atoms with Crippen molar-refractivity contribution in [2.45, 2.75) is 6.54 Å². The van der Waals surface area contributed by atoms with E-state index < -0.39 is 0 Å². The van der Waals surface area contributed by atoms with E-state index in [4.69, 9.17) is 15.6 Å². The van der Waals surface area contributed by atoms with E-state index in [0.717, 1.165) is 43.3 Å². The first-order valence-electron chi connectivity index (χ1n) is 8.76. The fourth-order valence-electron chi connectivity index (χ4n) is 3.03. The van der Waals surface area contributed by atoms with Crippen LogP contribution >= 0.6 is 0 Å². The molecule has 0 amide bonds. The minimum Gasteiger partial charge on any atom is -0.497 e. The number of hydrogen-bond donors (Lipinski definition) is 3. The van der Waals surface area contributed by atoms with Gasteiger partial charge in [-0.05, 0) is 17.7 Å². The maximum Gasteiger partial charge on any atom is 0.157 e. The van der Waals surface area contributed by atoms with E-state index in [1.165, 1.54) is 0 Å². The number of aromatic nitrogens is 2. The van der Waals surface area contributed by atoms with Crippen molar-refractivity contribution in [3.05, 3.63) is 36.2 Å². The number of β-amino-alcohol motifs (C(OH)–C–C–N with tert-alkyl or cyclic N) is 1. The SMILES string of the molecule is COc1ccc(CNc2ncnc(N3CCN(CCO)CC3)c2N)cc1. The van der Waals surface area contributed by atoms with Crippen LogP contribution in [-0.4, -0.2) is 66.4 Å². The first kappa shape index (κ1) is 18.2. The van der Waals surface area contributed by atoms with Crippen molar-refractivity contribution in [1.29, 1.82) is 0 Å². The number of methoxy groups -OCH3 is 1. The molecule has 8 nitrogen and oxygen atoms in total. The lowest BCUT2D eigenvalue weighted by atomic mass is 10.2. The Morgan fingerprint density at radius 3 is 2.54 bits per heavy atom. The molecule has 140 valence electrons. The third-order valence-corrected chi connectivity index (χ3v) is 4.57. The lowest BCUT2D eigenvalue weighted by molar-refractivity contribution is 0.188. The van der Waals surface area contributed by atoms with Crippen LogP contribution in [0.4, 0.5) is 17.3 Å². The number of aliphatic hydroxyl groups is 1. The molecule has 0 spiro atoms. The van der Waals surface area contributed by atoms with E-state index in [-0.39, 0.29) is 6.61 Å². The molecule has 1 aromatic carbocycles. The Labute approximate surface area is 153 Å². The number of nitrogens with two attached hydrogens (primary N) is 1. The minimum atomic E-state index is 0.190. The van der Waals surface area contributed by atoms with Gasteiger partial charge in [-0.25, -0.2) is 9.97 Å². The second-order valence-corrected chi connectivity index (χ2v) is 6.21. The quantitative estimate of drug-likeness (QED) is 0.668. The Hall–Kier alpha value is -2.58. The van der Waals surface area contributed by atoms with Gasteiger partial charge in [0.15, 0.2) is 11.6 Å². The van der Waals surface area contributed by atoms with Crippen LogP contribution < -0.4 is 20.7 Å². The van der Waals surface area contributed by atoms with Crippen molar-refractivity contribution in [3.63, 3.8) is 0 Å². The third-order valence-electron chi connectivity index (χ3n) is 4.57. The smallest absolute Gasteiger partial charge is 0.157 e. The summed E-state index contributed by atoms with van der Waals surface area (Å²) in [7, 11) is 1.65. The average Bonchev–Trinajstić information content (AvgIpc) is 2.69. The van der Waals surface area contributed by atoms with Gasteiger partial charge < -0.3 is 25.8 Å². The normalized spacial score (nSPS) is 15.1. The Bertz CT molecular complexity index is 701. The molecule has 2 aromatic rings. The predicted octanol–water partition coefficient (Wildman–Crippen LogP) is 0.794. The maximum absolute atomic E-state index is 9.05. The minimum absolute atomic E-state index is 0.190. The van der Waals surface area contributed by atoms with Crippen molar-refractivity contribution >= 4 is 17.3 Å². The lowest BCUT2D eigenvalue weighted by Gasteiger charge is -2.35. The molecule has 0 saturated carbocycles. The van der Waals surface area contributed by atoms with Crippen molar-refractivity contribution < 1.29 is 9.84 Å². The molecular formula is C18H26N6O2. The first-order chi connectivity index (χ1) is 12.7. The summed E-state index contributed by atoms with van der Waals surface area (Å²) in [6.07, 6.45) is 1.54. The summed E-state index contributed by atoms with van der Waals surface area (Å²) in [5, 5.41) is 12.3. The molecule has 0 aliphatic carbocycles. The zero-order valence-electron chi connectivity index (χ0n) is 15.1. The number of nitrogen functional groups attached to an aromatic ring is 1. The van der Waals surface area contributed by atoms with Gasteiger partial charge in [0.2, 0.25) is 0 Å². The van der Waals surface area contributed by atoms with Crippen molar-refractivity contribution in [1.82, 2.24) is 14.9 Å². The highest BCUT2D eigenvalue weighted by atomic mass is 16.5. The fraction of sp³-hybridized carbons (Fsp3) is 0.444. The van der Waals surface area contributed by atoms with Crippen LogP contribution in [0, 0.1) is 0 Å². The Kier molecular flexibility index (Phi) is 6.08. The molecule has 1 aliphatic heterocycles. The molecule has 3 rings (SSSR count). The number of benzene rings is 1. The van der Waals surface area contributed by atoms with Crippen LogP contribution in [0.25, 0.3) is 0 Å². The van der Waals surface area contributed by atoms with Crippen LogP contribution in [0.15, 0.2) is 30.6 Å². The monoisotopic (exact) mass is 358 g/mol.